The van der Waals surface area contributed by atoms with Crippen molar-refractivity contribution in [2.24, 2.45) is 5.92 Å². The van der Waals surface area contributed by atoms with Crippen molar-refractivity contribution in [3.05, 3.63) is 29.8 Å². The molecule has 1 amide bonds. The maximum Gasteiger partial charge on any atom is 0.243 e. The molecule has 1 unspecified atom stereocenters. The van der Waals surface area contributed by atoms with Crippen LogP contribution in [0.15, 0.2) is 23.1 Å². The molecule has 0 saturated carbocycles. The van der Waals surface area contributed by atoms with Crippen molar-refractivity contribution in [3.63, 3.8) is 0 Å². The molecule has 0 N–H and O–H groups in total. The molecule has 2 rings (SSSR count). The van der Waals surface area contributed by atoms with E-state index in [9.17, 15) is 22.0 Å². The summed E-state index contributed by atoms with van der Waals surface area (Å²) in [6, 6.07) is 2.19. The van der Waals surface area contributed by atoms with Gasteiger partial charge in [-0.25, -0.2) is 17.2 Å². The molecule has 122 valence electrons. The zero-order valence-electron chi connectivity index (χ0n) is 12.4. The van der Waals surface area contributed by atoms with Gasteiger partial charge in [-0.2, -0.15) is 4.31 Å². The van der Waals surface area contributed by atoms with Crippen LogP contribution < -0.4 is 0 Å². The van der Waals surface area contributed by atoms with E-state index in [1.165, 1.54) is 4.90 Å². The number of carbonyl (C=O) groups excluding carboxylic acids is 1. The molecule has 1 aromatic rings. The number of piperidine rings is 1. The van der Waals surface area contributed by atoms with Gasteiger partial charge in [0.2, 0.25) is 15.9 Å². The largest absolute Gasteiger partial charge is 0.349 e. The molecular formula is C14H18F2N2O3S. The van der Waals surface area contributed by atoms with E-state index in [1.54, 1.807) is 14.1 Å². The van der Waals surface area contributed by atoms with Gasteiger partial charge in [-0.05, 0) is 25.0 Å². The molecule has 1 fully saturated rings. The number of rotatable bonds is 3. The van der Waals surface area contributed by atoms with Gasteiger partial charge in [-0.15, -0.1) is 0 Å². The Morgan fingerprint density at radius 3 is 2.36 bits per heavy atom. The molecule has 1 aliphatic heterocycles. The Kier molecular flexibility index (Phi) is 4.81. The van der Waals surface area contributed by atoms with Crippen LogP contribution in [0.1, 0.15) is 12.8 Å². The van der Waals surface area contributed by atoms with Crippen LogP contribution in [-0.2, 0) is 14.8 Å². The molecule has 1 atom stereocenters. The van der Waals surface area contributed by atoms with E-state index < -0.39 is 32.5 Å². The highest BCUT2D eigenvalue weighted by atomic mass is 32.2. The van der Waals surface area contributed by atoms with E-state index >= 15 is 0 Å². The third-order valence-electron chi connectivity index (χ3n) is 3.65. The highest BCUT2D eigenvalue weighted by Crippen LogP contribution is 2.25. The van der Waals surface area contributed by atoms with Gasteiger partial charge in [-0.3, -0.25) is 4.79 Å². The van der Waals surface area contributed by atoms with Gasteiger partial charge >= 0.3 is 0 Å². The van der Waals surface area contributed by atoms with Crippen molar-refractivity contribution in [2.75, 3.05) is 27.2 Å². The third-order valence-corrected chi connectivity index (χ3v) is 5.49. The molecule has 0 spiro atoms. The zero-order valence-corrected chi connectivity index (χ0v) is 13.2. The monoisotopic (exact) mass is 332 g/mol. The first-order valence-corrected chi connectivity index (χ1v) is 8.33. The van der Waals surface area contributed by atoms with E-state index in [0.29, 0.717) is 18.9 Å². The normalized spacial score (nSPS) is 19.9. The summed E-state index contributed by atoms with van der Waals surface area (Å²) in [5, 5.41) is 0. The topological polar surface area (TPSA) is 57.7 Å². The lowest BCUT2D eigenvalue weighted by Gasteiger charge is -2.32. The molecular weight excluding hydrogens is 314 g/mol. The maximum atomic E-state index is 13.3. The summed E-state index contributed by atoms with van der Waals surface area (Å²) in [7, 11) is -0.799. The molecule has 1 heterocycles. The van der Waals surface area contributed by atoms with Gasteiger partial charge in [0.1, 0.15) is 11.6 Å². The molecule has 0 aliphatic carbocycles. The number of sulfonamides is 1. The predicted octanol–water partition coefficient (Wildman–Crippen LogP) is 1.45. The first kappa shape index (κ1) is 16.8. The van der Waals surface area contributed by atoms with Crippen molar-refractivity contribution in [3.8, 4) is 0 Å². The average molecular weight is 332 g/mol. The second-order valence-electron chi connectivity index (χ2n) is 5.54. The van der Waals surface area contributed by atoms with Crippen molar-refractivity contribution < 1.29 is 22.0 Å². The van der Waals surface area contributed by atoms with Crippen molar-refractivity contribution in [2.45, 2.75) is 17.7 Å². The van der Waals surface area contributed by atoms with Crippen LogP contribution in [-0.4, -0.2) is 50.7 Å². The summed E-state index contributed by atoms with van der Waals surface area (Å²) in [4.78, 5) is 13.0. The molecule has 1 aliphatic rings. The lowest BCUT2D eigenvalue weighted by Crippen LogP contribution is -2.45. The second-order valence-corrected chi connectivity index (χ2v) is 7.48. The fourth-order valence-corrected chi connectivity index (χ4v) is 4.12. The molecule has 0 aromatic heterocycles. The maximum absolute atomic E-state index is 13.3. The number of hydrogen-bond donors (Lipinski definition) is 0. The van der Waals surface area contributed by atoms with Crippen LogP contribution in [0, 0.1) is 17.6 Å². The number of halogens is 2. The fraction of sp³-hybridized carbons (Fsp3) is 0.500. The summed E-state index contributed by atoms with van der Waals surface area (Å²) < 4.78 is 52.6. The highest BCUT2D eigenvalue weighted by Gasteiger charge is 2.34. The number of hydrogen-bond acceptors (Lipinski definition) is 3. The van der Waals surface area contributed by atoms with E-state index in [4.69, 9.17) is 0 Å². The molecule has 8 heteroatoms. The van der Waals surface area contributed by atoms with E-state index in [2.05, 4.69) is 0 Å². The van der Waals surface area contributed by atoms with E-state index in [1.807, 2.05) is 0 Å². The fourth-order valence-electron chi connectivity index (χ4n) is 2.55. The summed E-state index contributed by atoms with van der Waals surface area (Å²) >= 11 is 0. The van der Waals surface area contributed by atoms with E-state index in [-0.39, 0.29) is 19.0 Å². The van der Waals surface area contributed by atoms with Crippen LogP contribution in [0.3, 0.4) is 0 Å². The second kappa shape index (κ2) is 6.29. The Morgan fingerprint density at radius 1 is 1.23 bits per heavy atom. The predicted molar refractivity (Wildman–Crippen MR) is 76.5 cm³/mol. The molecule has 1 saturated heterocycles. The van der Waals surface area contributed by atoms with Crippen molar-refractivity contribution in [1.29, 1.82) is 0 Å². The third kappa shape index (κ3) is 3.44. The summed E-state index contributed by atoms with van der Waals surface area (Å²) in [6.07, 6.45) is 1.13. The van der Waals surface area contributed by atoms with Crippen LogP contribution >= 0.6 is 0 Å². The lowest BCUT2D eigenvalue weighted by atomic mass is 9.98. The number of carbonyl (C=O) groups is 1. The van der Waals surface area contributed by atoms with Gasteiger partial charge in [0, 0.05) is 33.3 Å². The van der Waals surface area contributed by atoms with Gasteiger partial charge in [0.15, 0.2) is 0 Å². The van der Waals surface area contributed by atoms with Crippen molar-refractivity contribution >= 4 is 15.9 Å². The Balaban J connectivity index is 2.27. The highest BCUT2D eigenvalue weighted by molar-refractivity contribution is 7.89. The zero-order chi connectivity index (χ0) is 16.5. The molecule has 22 heavy (non-hydrogen) atoms. The van der Waals surface area contributed by atoms with Gasteiger partial charge in [0.05, 0.1) is 10.8 Å². The van der Waals surface area contributed by atoms with Crippen LogP contribution in [0.4, 0.5) is 8.78 Å². The van der Waals surface area contributed by atoms with Gasteiger partial charge in [0.25, 0.3) is 0 Å². The Morgan fingerprint density at radius 2 is 1.82 bits per heavy atom. The average Bonchev–Trinajstić information content (AvgIpc) is 2.45. The Labute approximate surface area is 128 Å². The first-order valence-electron chi connectivity index (χ1n) is 6.89. The molecule has 5 nitrogen and oxygen atoms in total. The Hall–Kier alpha value is -1.54. The van der Waals surface area contributed by atoms with E-state index in [0.717, 1.165) is 16.4 Å². The lowest BCUT2D eigenvalue weighted by molar-refractivity contribution is -0.134. The van der Waals surface area contributed by atoms with Gasteiger partial charge in [-0.1, -0.05) is 0 Å². The van der Waals surface area contributed by atoms with Crippen LogP contribution in [0.5, 0.6) is 0 Å². The smallest absolute Gasteiger partial charge is 0.243 e. The summed E-state index contributed by atoms with van der Waals surface area (Å²) in [5.74, 6) is -2.48. The van der Waals surface area contributed by atoms with Crippen molar-refractivity contribution in [1.82, 2.24) is 9.21 Å². The molecule has 0 radical (unpaired) electrons. The Bertz CT molecular complexity index is 656. The molecule has 1 aromatic carbocycles. The van der Waals surface area contributed by atoms with Crippen LogP contribution in [0.25, 0.3) is 0 Å². The minimum atomic E-state index is -4.02. The van der Waals surface area contributed by atoms with Crippen LogP contribution in [0.2, 0.25) is 0 Å². The minimum Gasteiger partial charge on any atom is -0.349 e. The minimum absolute atomic E-state index is 0.0253. The SMILES string of the molecule is CN(C)C(=O)C1CCCN(S(=O)(=O)c2cc(F)cc(F)c2)C1. The van der Waals surface area contributed by atoms with Gasteiger partial charge < -0.3 is 4.90 Å². The first-order chi connectivity index (χ1) is 10.2. The summed E-state index contributed by atoms with van der Waals surface area (Å²) in [5.41, 5.74) is 0. The number of nitrogens with zero attached hydrogens (tertiary/aromatic N) is 2. The molecule has 0 bridgehead atoms. The number of amides is 1. The summed E-state index contributed by atoms with van der Waals surface area (Å²) in [6.45, 7) is 0.259. The standard InChI is InChI=1S/C14H18F2N2O3S/c1-17(2)14(19)10-4-3-5-18(9-10)22(20,21)13-7-11(15)6-12(16)8-13/h6-8,10H,3-5,9H2,1-2H3. The quantitative estimate of drug-likeness (QED) is 0.842. The number of benzene rings is 1.